The van der Waals surface area contributed by atoms with Crippen molar-refractivity contribution in [3.05, 3.63) is 35.4 Å². The van der Waals surface area contributed by atoms with Gasteiger partial charge in [0, 0.05) is 39.3 Å². The number of benzene rings is 1. The fourth-order valence-corrected chi connectivity index (χ4v) is 3.10. The molecule has 158 valence electrons. The molecule has 2 atom stereocenters. The third kappa shape index (κ3) is 9.46. The molecule has 1 aromatic rings. The Morgan fingerprint density at radius 3 is 2.11 bits per heavy atom. The van der Waals surface area contributed by atoms with E-state index in [0.717, 1.165) is 44.8 Å². The molecule has 27 heavy (non-hydrogen) atoms. The predicted molar refractivity (Wildman–Crippen MR) is 121 cm³/mol. The Hall–Kier alpha value is -0.560. The second-order valence-corrected chi connectivity index (χ2v) is 6.97. The molecule has 0 bridgehead atoms. The number of amides is 1. The Balaban J connectivity index is 0. The molecule has 1 aliphatic rings. The summed E-state index contributed by atoms with van der Waals surface area (Å²) in [5.41, 5.74) is 8.09. The van der Waals surface area contributed by atoms with Crippen molar-refractivity contribution in [1.82, 2.24) is 15.1 Å². The van der Waals surface area contributed by atoms with E-state index in [1.54, 1.807) is 0 Å². The Bertz CT molecular complexity index is 522. The first-order valence-electron chi connectivity index (χ1n) is 9.04. The van der Waals surface area contributed by atoms with Crippen LogP contribution in [0.5, 0.6) is 0 Å². The summed E-state index contributed by atoms with van der Waals surface area (Å²) in [5, 5.41) is 3.00. The standard InChI is InChI=1S/C19H32N4O.3ClH/c1-4-22-9-11-23(12-10-22)14-16(3)13-21-19(24)18(20)17-7-5-15(2)6-8-17;;;/h5-8,16,18H,4,9-14,20H2,1-3H3,(H,21,24);3*1H. The van der Waals surface area contributed by atoms with E-state index in [0.29, 0.717) is 12.5 Å². The van der Waals surface area contributed by atoms with Gasteiger partial charge in [-0.1, -0.05) is 43.7 Å². The third-order valence-corrected chi connectivity index (χ3v) is 4.83. The number of carbonyl (C=O) groups excluding carboxylic acids is 1. The molecule has 1 aromatic carbocycles. The van der Waals surface area contributed by atoms with Gasteiger partial charge in [0.05, 0.1) is 0 Å². The van der Waals surface area contributed by atoms with Gasteiger partial charge in [-0.15, -0.1) is 37.2 Å². The van der Waals surface area contributed by atoms with Crippen LogP contribution in [0.3, 0.4) is 0 Å². The van der Waals surface area contributed by atoms with Crippen molar-refractivity contribution < 1.29 is 4.79 Å². The van der Waals surface area contributed by atoms with E-state index < -0.39 is 6.04 Å². The Labute approximate surface area is 182 Å². The monoisotopic (exact) mass is 440 g/mol. The second kappa shape index (κ2) is 14.4. The maximum absolute atomic E-state index is 12.3. The summed E-state index contributed by atoms with van der Waals surface area (Å²) in [6.45, 7) is 13.8. The van der Waals surface area contributed by atoms with E-state index in [9.17, 15) is 4.79 Å². The normalized spacial score (nSPS) is 16.9. The van der Waals surface area contributed by atoms with Crippen LogP contribution < -0.4 is 11.1 Å². The number of nitrogens with two attached hydrogens (primary N) is 1. The average Bonchev–Trinajstić information content (AvgIpc) is 2.60. The Kier molecular flexibility index (Phi) is 15.3. The lowest BCUT2D eigenvalue weighted by Gasteiger charge is -2.35. The van der Waals surface area contributed by atoms with Crippen molar-refractivity contribution in [3.8, 4) is 0 Å². The summed E-state index contributed by atoms with van der Waals surface area (Å²) in [4.78, 5) is 17.2. The molecule has 0 saturated carbocycles. The highest BCUT2D eigenvalue weighted by molar-refractivity contribution is 5.86. The number of nitrogens with one attached hydrogen (secondary N) is 1. The molecular formula is C19H35Cl3N4O. The van der Waals surface area contributed by atoms with Gasteiger partial charge >= 0.3 is 0 Å². The number of nitrogens with zero attached hydrogens (tertiary/aromatic N) is 2. The largest absolute Gasteiger partial charge is 0.354 e. The predicted octanol–water partition coefficient (Wildman–Crippen LogP) is 2.65. The first-order chi connectivity index (χ1) is 11.5. The molecule has 1 heterocycles. The minimum atomic E-state index is -0.592. The van der Waals surface area contributed by atoms with Gasteiger partial charge in [0.25, 0.3) is 0 Å². The molecule has 1 fully saturated rings. The van der Waals surface area contributed by atoms with E-state index in [1.165, 1.54) is 5.56 Å². The molecule has 0 aromatic heterocycles. The zero-order chi connectivity index (χ0) is 17.5. The number of aryl methyl sites for hydroxylation is 1. The van der Waals surface area contributed by atoms with Crippen LogP contribution in [0.15, 0.2) is 24.3 Å². The van der Waals surface area contributed by atoms with Crippen molar-refractivity contribution in [3.63, 3.8) is 0 Å². The fourth-order valence-electron chi connectivity index (χ4n) is 3.10. The van der Waals surface area contributed by atoms with Crippen molar-refractivity contribution in [1.29, 1.82) is 0 Å². The SMILES string of the molecule is CCN1CCN(CC(C)CNC(=O)C(N)c2ccc(C)cc2)CC1.Cl.Cl.Cl. The van der Waals surface area contributed by atoms with Crippen molar-refractivity contribution in [2.45, 2.75) is 26.8 Å². The maximum atomic E-state index is 12.3. The van der Waals surface area contributed by atoms with E-state index >= 15 is 0 Å². The first-order valence-corrected chi connectivity index (χ1v) is 9.04. The van der Waals surface area contributed by atoms with E-state index in [2.05, 4.69) is 29.0 Å². The lowest BCUT2D eigenvalue weighted by Crippen LogP contribution is -2.48. The molecule has 0 spiro atoms. The third-order valence-electron chi connectivity index (χ3n) is 4.83. The topological polar surface area (TPSA) is 61.6 Å². The molecule has 1 amide bonds. The number of piperazine rings is 1. The van der Waals surface area contributed by atoms with Crippen LogP contribution in [-0.4, -0.2) is 61.5 Å². The number of rotatable bonds is 7. The highest BCUT2D eigenvalue weighted by atomic mass is 35.5. The first kappa shape index (κ1) is 28.6. The molecule has 5 nitrogen and oxygen atoms in total. The van der Waals surface area contributed by atoms with Gasteiger partial charge in [-0.05, 0) is 24.9 Å². The number of carbonyl (C=O) groups is 1. The minimum Gasteiger partial charge on any atom is -0.354 e. The molecule has 0 aliphatic carbocycles. The Morgan fingerprint density at radius 1 is 1.07 bits per heavy atom. The fraction of sp³-hybridized carbons (Fsp3) is 0.632. The van der Waals surface area contributed by atoms with Gasteiger partial charge in [-0.25, -0.2) is 0 Å². The van der Waals surface area contributed by atoms with Crippen LogP contribution in [0.25, 0.3) is 0 Å². The number of likely N-dealkylation sites (N-methyl/N-ethyl adjacent to an activating group) is 1. The summed E-state index contributed by atoms with van der Waals surface area (Å²) in [6.07, 6.45) is 0. The van der Waals surface area contributed by atoms with Crippen LogP contribution in [0.4, 0.5) is 0 Å². The molecular weight excluding hydrogens is 407 g/mol. The van der Waals surface area contributed by atoms with Gasteiger partial charge in [-0.3, -0.25) is 4.79 Å². The number of hydrogen-bond donors (Lipinski definition) is 2. The van der Waals surface area contributed by atoms with E-state index in [-0.39, 0.29) is 43.1 Å². The highest BCUT2D eigenvalue weighted by Gasteiger charge is 2.19. The van der Waals surface area contributed by atoms with Gasteiger partial charge in [-0.2, -0.15) is 0 Å². The molecule has 2 unspecified atom stereocenters. The number of halogens is 3. The average molecular weight is 442 g/mol. The van der Waals surface area contributed by atoms with E-state index in [4.69, 9.17) is 5.73 Å². The van der Waals surface area contributed by atoms with Gasteiger partial charge in [0.15, 0.2) is 0 Å². The second-order valence-electron chi connectivity index (χ2n) is 6.97. The van der Waals surface area contributed by atoms with Crippen molar-refractivity contribution >= 4 is 43.1 Å². The molecule has 2 rings (SSSR count). The molecule has 3 N–H and O–H groups in total. The molecule has 8 heteroatoms. The van der Waals surface area contributed by atoms with Crippen LogP contribution in [0.2, 0.25) is 0 Å². The maximum Gasteiger partial charge on any atom is 0.241 e. The van der Waals surface area contributed by atoms with Crippen LogP contribution >= 0.6 is 37.2 Å². The van der Waals surface area contributed by atoms with Gasteiger partial charge in [0.1, 0.15) is 6.04 Å². The lowest BCUT2D eigenvalue weighted by atomic mass is 10.0. The van der Waals surface area contributed by atoms with Crippen molar-refractivity contribution in [2.75, 3.05) is 45.8 Å². The highest BCUT2D eigenvalue weighted by Crippen LogP contribution is 2.12. The molecule has 0 radical (unpaired) electrons. The summed E-state index contributed by atoms with van der Waals surface area (Å²) in [6, 6.07) is 7.24. The number of hydrogen-bond acceptors (Lipinski definition) is 4. The minimum absolute atomic E-state index is 0. The van der Waals surface area contributed by atoms with Gasteiger partial charge < -0.3 is 20.9 Å². The summed E-state index contributed by atoms with van der Waals surface area (Å²) in [7, 11) is 0. The Morgan fingerprint density at radius 2 is 1.59 bits per heavy atom. The van der Waals surface area contributed by atoms with Crippen LogP contribution in [-0.2, 0) is 4.79 Å². The zero-order valence-electron chi connectivity index (χ0n) is 16.5. The summed E-state index contributed by atoms with van der Waals surface area (Å²) < 4.78 is 0. The quantitative estimate of drug-likeness (QED) is 0.683. The van der Waals surface area contributed by atoms with Crippen LogP contribution in [0.1, 0.15) is 31.0 Å². The zero-order valence-corrected chi connectivity index (χ0v) is 19.0. The lowest BCUT2D eigenvalue weighted by molar-refractivity contribution is -0.122. The van der Waals surface area contributed by atoms with Gasteiger partial charge in [0.2, 0.25) is 5.91 Å². The smallest absolute Gasteiger partial charge is 0.241 e. The van der Waals surface area contributed by atoms with Crippen LogP contribution in [0, 0.1) is 12.8 Å². The summed E-state index contributed by atoms with van der Waals surface area (Å²) in [5.74, 6) is 0.328. The van der Waals surface area contributed by atoms with E-state index in [1.807, 2.05) is 31.2 Å². The molecule has 1 aliphatic heterocycles. The summed E-state index contributed by atoms with van der Waals surface area (Å²) >= 11 is 0. The molecule has 1 saturated heterocycles. The van der Waals surface area contributed by atoms with Crippen molar-refractivity contribution in [2.24, 2.45) is 11.7 Å².